The molecule has 13 unspecified atom stereocenters. The van der Waals surface area contributed by atoms with E-state index in [1.54, 1.807) is 7.11 Å². The van der Waals surface area contributed by atoms with Crippen LogP contribution >= 0.6 is 0 Å². The average molecular weight is 667 g/mol. The van der Waals surface area contributed by atoms with E-state index < -0.39 is 39.5 Å². The summed E-state index contributed by atoms with van der Waals surface area (Å²) < 4.78 is 12.0. The summed E-state index contributed by atoms with van der Waals surface area (Å²) in [5.41, 5.74) is -0.188. The molecule has 1 aromatic rings. The highest BCUT2D eigenvalue weighted by Crippen LogP contribution is 2.83. The van der Waals surface area contributed by atoms with Crippen LogP contribution in [0.15, 0.2) is 24.3 Å². The van der Waals surface area contributed by atoms with Crippen LogP contribution in [-0.2, 0) is 27.1 Å². The number of carbonyl (C=O) groups is 1. The van der Waals surface area contributed by atoms with Crippen LogP contribution in [0.2, 0.25) is 0 Å². The Balaban J connectivity index is 1.29. The fraction of sp³-hybridized carbons (Fsp3) is 0.829. The van der Waals surface area contributed by atoms with Gasteiger partial charge in [0.25, 0.3) is 0 Å². The van der Waals surface area contributed by atoms with Gasteiger partial charge in [-0.25, -0.2) is 0 Å². The highest BCUT2D eigenvalue weighted by Gasteiger charge is 2.83. The highest BCUT2D eigenvalue weighted by molar-refractivity contribution is 5.74. The van der Waals surface area contributed by atoms with Crippen LogP contribution in [0, 0.1) is 55.7 Å². The smallest absolute Gasteiger partial charge is 0.309 e. The van der Waals surface area contributed by atoms with Gasteiger partial charge in [0.1, 0.15) is 0 Å². The van der Waals surface area contributed by atoms with Gasteiger partial charge in [0.05, 0.1) is 30.8 Å². The lowest BCUT2D eigenvalue weighted by Crippen LogP contribution is -2.77. The molecule has 6 aliphatic rings. The number of rotatable bonds is 7. The molecule has 7 nitrogen and oxygen atoms in total. The Morgan fingerprint density at radius 1 is 0.875 bits per heavy atom. The fourth-order valence-electron chi connectivity index (χ4n) is 14.5. The first-order valence-corrected chi connectivity index (χ1v) is 18.9. The SMILES string of the molecule is COCCc1ccc(CC2OC3(O)CC(O)C4(CO)C5(C)CCC6(C)C7CC(C)(C(=O)O)CCC7(C)CCC6(C)C5CCC24C3C)cc1. The minimum absolute atomic E-state index is 0.0510. The Morgan fingerprint density at radius 3 is 2.12 bits per heavy atom. The molecule has 2 bridgehead atoms. The molecule has 5 aliphatic carbocycles. The van der Waals surface area contributed by atoms with Crippen LogP contribution in [-0.4, -0.2) is 64.7 Å². The van der Waals surface area contributed by atoms with Gasteiger partial charge in [0.15, 0.2) is 5.79 Å². The molecule has 13 atom stereocenters. The number of aliphatic hydroxyl groups is 3. The van der Waals surface area contributed by atoms with Crippen LogP contribution < -0.4 is 0 Å². The maximum atomic E-state index is 12.6. The van der Waals surface area contributed by atoms with Gasteiger partial charge in [-0.1, -0.05) is 58.9 Å². The summed E-state index contributed by atoms with van der Waals surface area (Å²) in [5, 5.41) is 46.8. The molecular formula is C41H62O7. The zero-order valence-electron chi connectivity index (χ0n) is 30.6. The molecule has 1 spiro atoms. The predicted octanol–water partition coefficient (Wildman–Crippen LogP) is 6.79. The van der Waals surface area contributed by atoms with E-state index in [-0.39, 0.29) is 47.2 Å². The molecule has 1 saturated heterocycles. The van der Waals surface area contributed by atoms with E-state index >= 15 is 0 Å². The lowest BCUT2D eigenvalue weighted by atomic mass is 9.26. The Kier molecular flexibility index (Phi) is 8.00. The second-order valence-corrected chi connectivity index (χ2v) is 18.9. The molecule has 7 heteroatoms. The second-order valence-electron chi connectivity index (χ2n) is 18.9. The molecular weight excluding hydrogens is 604 g/mol. The quantitative estimate of drug-likeness (QED) is 0.253. The van der Waals surface area contributed by atoms with Gasteiger partial charge in [0.2, 0.25) is 0 Å². The Morgan fingerprint density at radius 2 is 1.48 bits per heavy atom. The minimum atomic E-state index is -1.44. The van der Waals surface area contributed by atoms with E-state index in [1.165, 1.54) is 5.56 Å². The van der Waals surface area contributed by atoms with E-state index in [1.807, 2.05) is 6.92 Å². The first kappa shape index (κ1) is 34.9. The third kappa shape index (κ3) is 4.14. The lowest BCUT2D eigenvalue weighted by molar-refractivity contribution is -0.333. The van der Waals surface area contributed by atoms with Crippen molar-refractivity contribution in [2.45, 2.75) is 137 Å². The maximum absolute atomic E-state index is 12.6. The summed E-state index contributed by atoms with van der Waals surface area (Å²) in [7, 11) is 1.72. The number of fused-ring (bicyclic) bond motifs is 7. The van der Waals surface area contributed by atoms with E-state index in [2.05, 4.69) is 58.9 Å². The Labute approximate surface area is 288 Å². The van der Waals surface area contributed by atoms with Crippen LogP contribution in [0.4, 0.5) is 0 Å². The summed E-state index contributed by atoms with van der Waals surface area (Å²) in [6.07, 6.45) is 8.48. The van der Waals surface area contributed by atoms with Crippen molar-refractivity contribution >= 4 is 5.97 Å². The van der Waals surface area contributed by atoms with Crippen molar-refractivity contribution < 1.29 is 34.7 Å². The number of hydrogen-bond acceptors (Lipinski definition) is 6. The number of aliphatic carboxylic acids is 1. The average Bonchev–Trinajstić information content (AvgIpc) is 3.18. The molecule has 4 N–H and O–H groups in total. The van der Waals surface area contributed by atoms with Gasteiger partial charge in [-0.2, -0.15) is 0 Å². The zero-order chi connectivity index (χ0) is 34.8. The summed E-state index contributed by atoms with van der Waals surface area (Å²) >= 11 is 0. The molecule has 0 amide bonds. The summed E-state index contributed by atoms with van der Waals surface area (Å²) in [6.45, 7) is 14.4. The van der Waals surface area contributed by atoms with Gasteiger partial charge >= 0.3 is 5.97 Å². The van der Waals surface area contributed by atoms with E-state index in [0.29, 0.717) is 18.9 Å². The van der Waals surface area contributed by atoms with Gasteiger partial charge in [-0.05, 0) is 122 Å². The first-order chi connectivity index (χ1) is 22.5. The van der Waals surface area contributed by atoms with Gasteiger partial charge < -0.3 is 29.9 Å². The van der Waals surface area contributed by atoms with E-state index in [9.17, 15) is 25.2 Å². The van der Waals surface area contributed by atoms with Gasteiger partial charge in [-0.15, -0.1) is 0 Å². The molecule has 5 saturated carbocycles. The van der Waals surface area contributed by atoms with Crippen molar-refractivity contribution in [1.82, 2.24) is 0 Å². The standard InChI is InChI=1S/C41H62O7/c1-26-39-14-12-29-36(4)18-17-34(2)15-16-35(3,33(44)45)23-30(34)37(36,5)19-20-38(29,6)40(39,25-42)31(43)24-41(26,46)48-32(39)22-28-10-8-27(9-11-28)13-21-47-7/h8-11,26,29-32,42-43,46H,12-25H2,1-7H3,(H,44,45). The molecule has 6 fully saturated rings. The first-order valence-electron chi connectivity index (χ1n) is 18.9. The molecule has 7 rings (SSSR count). The highest BCUT2D eigenvalue weighted by atomic mass is 16.6. The van der Waals surface area contributed by atoms with Crippen molar-refractivity contribution in [3.05, 3.63) is 35.4 Å². The number of ether oxygens (including phenoxy) is 2. The molecule has 0 radical (unpaired) electrons. The number of carboxylic acids is 1. The van der Waals surface area contributed by atoms with Gasteiger partial charge in [0, 0.05) is 30.3 Å². The topological polar surface area (TPSA) is 116 Å². The molecule has 268 valence electrons. The van der Waals surface area contributed by atoms with E-state index in [0.717, 1.165) is 69.8 Å². The number of hydrogen-bond donors (Lipinski definition) is 4. The Bertz CT molecular complexity index is 1430. The van der Waals surface area contributed by atoms with E-state index in [4.69, 9.17) is 9.47 Å². The number of aliphatic hydroxyl groups excluding tert-OH is 2. The maximum Gasteiger partial charge on any atom is 0.309 e. The van der Waals surface area contributed by atoms with Crippen LogP contribution in [0.25, 0.3) is 0 Å². The molecule has 1 heterocycles. The molecule has 1 aliphatic heterocycles. The largest absolute Gasteiger partial charge is 0.481 e. The third-order valence-corrected chi connectivity index (χ3v) is 17.7. The third-order valence-electron chi connectivity index (χ3n) is 17.7. The van der Waals surface area contributed by atoms with Crippen molar-refractivity contribution in [3.8, 4) is 0 Å². The van der Waals surface area contributed by atoms with Crippen LogP contribution in [0.1, 0.15) is 117 Å². The van der Waals surface area contributed by atoms with Crippen LogP contribution in [0.3, 0.4) is 0 Å². The Hall–Kier alpha value is -1.51. The molecule has 48 heavy (non-hydrogen) atoms. The van der Waals surface area contributed by atoms with Crippen LogP contribution in [0.5, 0.6) is 0 Å². The number of benzene rings is 1. The molecule has 1 aromatic carbocycles. The summed E-state index contributed by atoms with van der Waals surface area (Å²) in [5.74, 6) is -1.79. The summed E-state index contributed by atoms with van der Waals surface area (Å²) in [4.78, 5) is 12.6. The second kappa shape index (κ2) is 11.0. The van der Waals surface area contributed by atoms with Crippen molar-refractivity contribution in [2.75, 3.05) is 20.3 Å². The minimum Gasteiger partial charge on any atom is -0.481 e. The lowest BCUT2D eigenvalue weighted by Gasteiger charge is -2.78. The van der Waals surface area contributed by atoms with Crippen molar-refractivity contribution in [2.24, 2.45) is 55.7 Å². The zero-order valence-corrected chi connectivity index (χ0v) is 30.6. The van der Waals surface area contributed by atoms with Crippen molar-refractivity contribution in [3.63, 3.8) is 0 Å². The predicted molar refractivity (Wildman–Crippen MR) is 184 cm³/mol. The van der Waals surface area contributed by atoms with Gasteiger partial charge in [-0.3, -0.25) is 4.79 Å². The number of carboxylic acid groups (broad SMARTS) is 1. The van der Waals surface area contributed by atoms with Crippen molar-refractivity contribution in [1.29, 1.82) is 0 Å². The fourth-order valence-corrected chi connectivity index (χ4v) is 14.5. The summed E-state index contributed by atoms with van der Waals surface area (Å²) in [6, 6.07) is 8.62. The molecule has 0 aromatic heterocycles. The number of methoxy groups -OCH3 is 1. The monoisotopic (exact) mass is 666 g/mol. The normalized spacial score (nSPS) is 52.5.